The molecule has 64 valence electrons. The molecule has 0 aliphatic carbocycles. The molecule has 0 atom stereocenters. The third-order valence-corrected chi connectivity index (χ3v) is 1.63. The SMILES string of the molecule is CCC(=O)c1ccnn(C)c1=O. The molecule has 0 radical (unpaired) electrons. The highest BCUT2D eigenvalue weighted by Gasteiger charge is 2.08. The van der Waals surface area contributed by atoms with Crippen molar-refractivity contribution < 1.29 is 4.79 Å². The minimum Gasteiger partial charge on any atom is -0.294 e. The second-order valence-electron chi connectivity index (χ2n) is 2.45. The number of nitrogens with zero attached hydrogens (tertiary/aromatic N) is 2. The quantitative estimate of drug-likeness (QED) is 0.596. The van der Waals surface area contributed by atoms with E-state index in [-0.39, 0.29) is 16.9 Å². The molecule has 0 spiro atoms. The fraction of sp³-hybridized carbons (Fsp3) is 0.375. The van der Waals surface area contributed by atoms with Gasteiger partial charge in [-0.1, -0.05) is 6.92 Å². The van der Waals surface area contributed by atoms with E-state index in [1.165, 1.54) is 19.3 Å². The molecule has 0 N–H and O–H groups in total. The molecule has 1 rings (SSSR count). The second-order valence-corrected chi connectivity index (χ2v) is 2.45. The number of hydrogen-bond donors (Lipinski definition) is 0. The molecule has 12 heavy (non-hydrogen) atoms. The van der Waals surface area contributed by atoms with E-state index in [1.807, 2.05) is 0 Å². The predicted molar refractivity (Wildman–Crippen MR) is 44.1 cm³/mol. The van der Waals surface area contributed by atoms with Gasteiger partial charge in [-0.05, 0) is 6.07 Å². The van der Waals surface area contributed by atoms with Crippen molar-refractivity contribution in [2.24, 2.45) is 7.05 Å². The van der Waals surface area contributed by atoms with Crippen molar-refractivity contribution in [3.63, 3.8) is 0 Å². The minimum absolute atomic E-state index is 0.141. The average Bonchev–Trinajstić information content (AvgIpc) is 2.08. The van der Waals surface area contributed by atoms with Gasteiger partial charge in [0, 0.05) is 19.7 Å². The van der Waals surface area contributed by atoms with Crippen molar-refractivity contribution in [2.45, 2.75) is 13.3 Å². The smallest absolute Gasteiger partial charge is 0.277 e. The number of Topliss-reactive ketones (excluding diaryl/α,β-unsaturated/α-hetero) is 1. The number of ketones is 1. The Labute approximate surface area is 69.8 Å². The number of carbonyl (C=O) groups is 1. The van der Waals surface area contributed by atoms with Crippen molar-refractivity contribution in [2.75, 3.05) is 0 Å². The summed E-state index contributed by atoms with van der Waals surface area (Å²) in [7, 11) is 1.52. The maximum Gasteiger partial charge on any atom is 0.277 e. The number of carbonyl (C=O) groups excluding carboxylic acids is 1. The first kappa shape index (κ1) is 8.64. The molecule has 0 aliphatic heterocycles. The van der Waals surface area contributed by atoms with E-state index in [2.05, 4.69) is 5.10 Å². The van der Waals surface area contributed by atoms with E-state index in [9.17, 15) is 9.59 Å². The van der Waals surface area contributed by atoms with Crippen LogP contribution in [0, 0.1) is 0 Å². The summed E-state index contributed by atoms with van der Waals surface area (Å²) in [6.07, 6.45) is 1.80. The van der Waals surface area contributed by atoms with Crippen LogP contribution in [0.15, 0.2) is 17.1 Å². The lowest BCUT2D eigenvalue weighted by Gasteiger charge is -1.98. The van der Waals surface area contributed by atoms with E-state index in [1.54, 1.807) is 6.92 Å². The van der Waals surface area contributed by atoms with E-state index >= 15 is 0 Å². The molecule has 0 unspecified atom stereocenters. The molecule has 1 aromatic heterocycles. The number of rotatable bonds is 2. The molecule has 0 amide bonds. The molecular weight excluding hydrogens is 156 g/mol. The molecular formula is C8H10N2O2. The van der Waals surface area contributed by atoms with Gasteiger partial charge in [0.25, 0.3) is 5.56 Å². The molecule has 1 aromatic rings. The van der Waals surface area contributed by atoms with Crippen molar-refractivity contribution in [3.05, 3.63) is 28.2 Å². The Morgan fingerprint density at radius 2 is 2.33 bits per heavy atom. The van der Waals surface area contributed by atoms with Crippen LogP contribution in [0.4, 0.5) is 0 Å². The Kier molecular flexibility index (Phi) is 2.38. The largest absolute Gasteiger partial charge is 0.294 e. The zero-order valence-corrected chi connectivity index (χ0v) is 7.07. The summed E-state index contributed by atoms with van der Waals surface area (Å²) >= 11 is 0. The molecule has 0 saturated carbocycles. The monoisotopic (exact) mass is 166 g/mol. The molecule has 0 fully saturated rings. The van der Waals surface area contributed by atoms with E-state index < -0.39 is 0 Å². The van der Waals surface area contributed by atoms with Crippen molar-refractivity contribution in [3.8, 4) is 0 Å². The van der Waals surface area contributed by atoms with Crippen LogP contribution >= 0.6 is 0 Å². The Morgan fingerprint density at radius 1 is 1.67 bits per heavy atom. The molecule has 0 aromatic carbocycles. The van der Waals surface area contributed by atoms with Gasteiger partial charge in [0.1, 0.15) is 0 Å². The maximum absolute atomic E-state index is 11.2. The molecule has 4 nitrogen and oxygen atoms in total. The van der Waals surface area contributed by atoms with Gasteiger partial charge in [-0.15, -0.1) is 0 Å². The van der Waals surface area contributed by atoms with Crippen LogP contribution in [0.2, 0.25) is 0 Å². The van der Waals surface area contributed by atoms with Crippen molar-refractivity contribution in [1.29, 1.82) is 0 Å². The fourth-order valence-corrected chi connectivity index (χ4v) is 0.909. The van der Waals surface area contributed by atoms with Gasteiger partial charge < -0.3 is 0 Å². The Morgan fingerprint density at radius 3 is 2.92 bits per heavy atom. The molecule has 0 bridgehead atoms. The summed E-state index contributed by atoms with van der Waals surface area (Å²) in [6, 6.07) is 1.45. The number of aryl methyl sites for hydroxylation is 1. The molecule has 0 aliphatic rings. The third kappa shape index (κ3) is 1.42. The summed E-state index contributed by atoms with van der Waals surface area (Å²) in [5.74, 6) is -0.141. The highest BCUT2D eigenvalue weighted by Crippen LogP contribution is 1.94. The van der Waals surface area contributed by atoms with Gasteiger partial charge in [-0.3, -0.25) is 9.59 Å². The lowest BCUT2D eigenvalue weighted by atomic mass is 10.1. The van der Waals surface area contributed by atoms with Gasteiger partial charge >= 0.3 is 0 Å². The fourth-order valence-electron chi connectivity index (χ4n) is 0.909. The molecule has 4 heteroatoms. The first-order valence-corrected chi connectivity index (χ1v) is 3.72. The van der Waals surface area contributed by atoms with Crippen molar-refractivity contribution in [1.82, 2.24) is 9.78 Å². The number of hydrogen-bond acceptors (Lipinski definition) is 3. The molecule has 0 saturated heterocycles. The summed E-state index contributed by atoms with van der Waals surface area (Å²) in [5.41, 5.74) is -0.112. The van der Waals surface area contributed by atoms with Crippen LogP contribution in [-0.4, -0.2) is 15.6 Å². The topological polar surface area (TPSA) is 52.0 Å². The van der Waals surface area contributed by atoms with Crippen LogP contribution in [0.25, 0.3) is 0 Å². The zero-order chi connectivity index (χ0) is 9.14. The average molecular weight is 166 g/mol. The third-order valence-electron chi connectivity index (χ3n) is 1.63. The Hall–Kier alpha value is -1.45. The minimum atomic E-state index is -0.329. The van der Waals surface area contributed by atoms with Gasteiger partial charge in [0.05, 0.1) is 5.56 Å². The second kappa shape index (κ2) is 3.30. The van der Waals surface area contributed by atoms with E-state index in [0.29, 0.717) is 6.42 Å². The summed E-state index contributed by atoms with van der Waals surface area (Å²) in [6.45, 7) is 1.72. The van der Waals surface area contributed by atoms with Gasteiger partial charge in [0.15, 0.2) is 5.78 Å². The summed E-state index contributed by atoms with van der Waals surface area (Å²) in [5, 5.41) is 3.71. The lowest BCUT2D eigenvalue weighted by molar-refractivity contribution is 0.0986. The van der Waals surface area contributed by atoms with E-state index in [4.69, 9.17) is 0 Å². The summed E-state index contributed by atoms with van der Waals surface area (Å²) < 4.78 is 1.16. The van der Waals surface area contributed by atoms with Crippen molar-refractivity contribution >= 4 is 5.78 Å². The van der Waals surface area contributed by atoms with Gasteiger partial charge in [-0.2, -0.15) is 5.10 Å². The normalized spacial score (nSPS) is 9.83. The zero-order valence-electron chi connectivity index (χ0n) is 7.07. The van der Waals surface area contributed by atoms with Crippen LogP contribution in [-0.2, 0) is 7.05 Å². The highest BCUT2D eigenvalue weighted by molar-refractivity contribution is 5.95. The van der Waals surface area contributed by atoms with Gasteiger partial charge in [-0.25, -0.2) is 4.68 Å². The van der Waals surface area contributed by atoms with Crippen LogP contribution in [0.5, 0.6) is 0 Å². The first-order chi connectivity index (χ1) is 5.66. The standard InChI is InChI=1S/C8H10N2O2/c1-3-7(11)6-4-5-9-10(2)8(6)12/h4-5H,3H2,1-2H3. The van der Waals surface area contributed by atoms with Crippen LogP contribution in [0.3, 0.4) is 0 Å². The Balaban J connectivity index is 3.26. The summed E-state index contributed by atoms with van der Waals surface area (Å²) in [4.78, 5) is 22.4. The maximum atomic E-state index is 11.2. The Bertz CT molecular complexity index is 354. The lowest BCUT2D eigenvalue weighted by Crippen LogP contribution is -2.25. The molecule has 1 heterocycles. The first-order valence-electron chi connectivity index (χ1n) is 3.72. The van der Waals surface area contributed by atoms with Gasteiger partial charge in [0.2, 0.25) is 0 Å². The van der Waals surface area contributed by atoms with Crippen LogP contribution in [0.1, 0.15) is 23.7 Å². The highest BCUT2D eigenvalue weighted by atomic mass is 16.1. The van der Waals surface area contributed by atoms with E-state index in [0.717, 1.165) is 4.68 Å². The van der Waals surface area contributed by atoms with Crippen LogP contribution < -0.4 is 5.56 Å². The number of aromatic nitrogens is 2. The predicted octanol–water partition coefficient (Wildman–Crippen LogP) is 0.373.